The molecule has 1 aromatic carbocycles. The third-order valence-corrected chi connectivity index (χ3v) is 6.08. The number of hydrogen-bond donors (Lipinski definition) is 0. The molecule has 0 aliphatic heterocycles. The first kappa shape index (κ1) is 18.4. The van der Waals surface area contributed by atoms with Crippen molar-refractivity contribution < 1.29 is 18.7 Å². The molecule has 0 saturated heterocycles. The van der Waals surface area contributed by atoms with E-state index in [0.29, 0.717) is 5.75 Å². The molecule has 138 valence electrons. The molecule has 0 N–H and O–H groups in total. The Morgan fingerprint density at radius 1 is 1.04 bits per heavy atom. The maximum Gasteiger partial charge on any atom is 0.314 e. The van der Waals surface area contributed by atoms with Gasteiger partial charge in [-0.2, -0.15) is 0 Å². The van der Waals surface area contributed by atoms with Gasteiger partial charge < -0.3 is 9.47 Å². The number of rotatable bonds is 5. The Bertz CT molecular complexity index is 558. The minimum Gasteiger partial charge on any atom is -0.426 e. The summed E-state index contributed by atoms with van der Waals surface area (Å²) < 4.78 is 23.8. The zero-order valence-electron chi connectivity index (χ0n) is 15.1. The van der Waals surface area contributed by atoms with Gasteiger partial charge in [0, 0.05) is 19.8 Å². The molecule has 2 fully saturated rings. The lowest BCUT2D eigenvalue weighted by molar-refractivity contribution is -0.140. The van der Waals surface area contributed by atoms with Gasteiger partial charge in [0.15, 0.2) is 0 Å². The molecule has 0 radical (unpaired) electrons. The Kier molecular flexibility index (Phi) is 6.46. The van der Waals surface area contributed by atoms with Crippen molar-refractivity contribution in [3.8, 4) is 5.75 Å². The summed E-state index contributed by atoms with van der Waals surface area (Å²) in [6.45, 7) is 0.894. The van der Waals surface area contributed by atoms with Gasteiger partial charge in [0.2, 0.25) is 0 Å². The molecule has 3 nitrogen and oxygen atoms in total. The van der Waals surface area contributed by atoms with Crippen molar-refractivity contribution in [2.24, 2.45) is 23.7 Å². The predicted molar refractivity (Wildman–Crippen MR) is 94.8 cm³/mol. The Balaban J connectivity index is 1.43. The van der Waals surface area contributed by atoms with Crippen LogP contribution in [0.1, 0.15) is 51.4 Å². The monoisotopic (exact) mass is 348 g/mol. The van der Waals surface area contributed by atoms with E-state index in [9.17, 15) is 9.18 Å². The highest BCUT2D eigenvalue weighted by atomic mass is 19.1. The van der Waals surface area contributed by atoms with Crippen LogP contribution in [0.3, 0.4) is 0 Å². The fourth-order valence-electron chi connectivity index (χ4n) is 4.62. The standard InChI is InChI=1S/C21H29FO3/c1-24-14-15-5-7-16(8-6-15)17-9-11-18(12-10-17)21(23)25-20-4-2-3-19(22)13-20/h2-4,13,15-18H,5-12,14H2,1H3/t15-,16-,17-,18-. The van der Waals surface area contributed by atoms with Crippen molar-refractivity contribution >= 4 is 5.97 Å². The van der Waals surface area contributed by atoms with E-state index in [1.54, 1.807) is 19.2 Å². The summed E-state index contributed by atoms with van der Waals surface area (Å²) in [5, 5.41) is 0. The number of esters is 1. The highest BCUT2D eigenvalue weighted by Crippen LogP contribution is 2.41. The number of carbonyl (C=O) groups is 1. The first-order valence-electron chi connectivity index (χ1n) is 9.62. The molecule has 0 unspecified atom stereocenters. The van der Waals surface area contributed by atoms with Gasteiger partial charge in [0.05, 0.1) is 5.92 Å². The molecule has 0 spiro atoms. The molecule has 3 rings (SSSR count). The van der Waals surface area contributed by atoms with Crippen LogP contribution in [-0.4, -0.2) is 19.7 Å². The fraction of sp³-hybridized carbons (Fsp3) is 0.667. The van der Waals surface area contributed by atoms with Crippen LogP contribution in [0.2, 0.25) is 0 Å². The predicted octanol–water partition coefficient (Wildman–Crippen LogP) is 4.99. The van der Waals surface area contributed by atoms with Gasteiger partial charge in [0.25, 0.3) is 0 Å². The van der Waals surface area contributed by atoms with Gasteiger partial charge in [-0.1, -0.05) is 6.07 Å². The second-order valence-corrected chi connectivity index (χ2v) is 7.73. The zero-order valence-corrected chi connectivity index (χ0v) is 15.1. The number of ether oxygens (including phenoxy) is 2. The SMILES string of the molecule is COC[C@H]1CC[C@H]([C@H]2CC[C@H](C(=O)Oc3cccc(F)c3)CC2)CC1. The number of hydrogen-bond acceptors (Lipinski definition) is 3. The van der Waals surface area contributed by atoms with Gasteiger partial charge in [-0.05, 0) is 81.3 Å². The van der Waals surface area contributed by atoms with Crippen LogP contribution >= 0.6 is 0 Å². The molecule has 0 aromatic heterocycles. The van der Waals surface area contributed by atoms with Crippen molar-refractivity contribution in [2.45, 2.75) is 51.4 Å². The summed E-state index contributed by atoms with van der Waals surface area (Å²) >= 11 is 0. The maximum absolute atomic E-state index is 13.2. The Morgan fingerprint density at radius 2 is 1.68 bits per heavy atom. The minimum absolute atomic E-state index is 0.0376. The molecule has 4 heteroatoms. The molecule has 25 heavy (non-hydrogen) atoms. The largest absolute Gasteiger partial charge is 0.426 e. The van der Waals surface area contributed by atoms with Crippen LogP contribution in [0.5, 0.6) is 5.75 Å². The van der Waals surface area contributed by atoms with Gasteiger partial charge in [0.1, 0.15) is 11.6 Å². The van der Waals surface area contributed by atoms with Crippen molar-refractivity contribution in [1.82, 2.24) is 0 Å². The summed E-state index contributed by atoms with van der Waals surface area (Å²) in [6.07, 6.45) is 9.19. The average Bonchev–Trinajstić information content (AvgIpc) is 2.63. The molecule has 0 bridgehead atoms. The van der Waals surface area contributed by atoms with Crippen LogP contribution in [0.4, 0.5) is 4.39 Å². The molecule has 0 heterocycles. The number of carbonyl (C=O) groups excluding carboxylic acids is 1. The summed E-state index contributed by atoms with van der Waals surface area (Å²) in [6, 6.07) is 5.81. The van der Waals surface area contributed by atoms with Crippen LogP contribution in [0.25, 0.3) is 0 Å². The van der Waals surface area contributed by atoms with E-state index in [-0.39, 0.29) is 17.7 Å². The molecule has 2 aliphatic rings. The van der Waals surface area contributed by atoms with Crippen molar-refractivity contribution in [1.29, 1.82) is 0 Å². The van der Waals surface area contributed by atoms with Gasteiger partial charge in [-0.3, -0.25) is 4.79 Å². The third-order valence-electron chi connectivity index (χ3n) is 6.08. The smallest absolute Gasteiger partial charge is 0.314 e. The first-order chi connectivity index (χ1) is 12.2. The Hall–Kier alpha value is -1.42. The minimum atomic E-state index is -0.377. The fourth-order valence-corrected chi connectivity index (χ4v) is 4.62. The zero-order chi connectivity index (χ0) is 17.6. The van der Waals surface area contributed by atoms with Crippen LogP contribution in [0, 0.1) is 29.5 Å². The van der Waals surface area contributed by atoms with Gasteiger partial charge >= 0.3 is 5.97 Å². The highest BCUT2D eigenvalue weighted by Gasteiger charge is 2.33. The van der Waals surface area contributed by atoms with E-state index in [0.717, 1.165) is 50.0 Å². The van der Waals surface area contributed by atoms with Gasteiger partial charge in [-0.25, -0.2) is 4.39 Å². The molecule has 2 aliphatic carbocycles. The molecule has 2 saturated carbocycles. The second-order valence-electron chi connectivity index (χ2n) is 7.73. The molecular weight excluding hydrogens is 319 g/mol. The van der Waals surface area contributed by atoms with E-state index < -0.39 is 0 Å². The summed E-state index contributed by atoms with van der Waals surface area (Å²) in [7, 11) is 1.79. The Labute approximate surface area is 149 Å². The Morgan fingerprint density at radius 3 is 2.28 bits per heavy atom. The lowest BCUT2D eigenvalue weighted by Gasteiger charge is -2.37. The van der Waals surface area contributed by atoms with E-state index in [1.165, 1.54) is 37.8 Å². The lowest BCUT2D eigenvalue weighted by Crippen LogP contribution is -2.30. The number of benzene rings is 1. The molecular formula is C21H29FO3. The topological polar surface area (TPSA) is 35.5 Å². The number of halogens is 1. The second kappa shape index (κ2) is 8.79. The van der Waals surface area contributed by atoms with E-state index in [1.807, 2.05) is 0 Å². The molecule has 0 amide bonds. The van der Waals surface area contributed by atoms with Gasteiger partial charge in [-0.15, -0.1) is 0 Å². The van der Waals surface area contributed by atoms with Crippen molar-refractivity contribution in [2.75, 3.05) is 13.7 Å². The lowest BCUT2D eigenvalue weighted by atomic mass is 9.69. The van der Waals surface area contributed by atoms with E-state index in [4.69, 9.17) is 9.47 Å². The van der Waals surface area contributed by atoms with Crippen LogP contribution < -0.4 is 4.74 Å². The van der Waals surface area contributed by atoms with Crippen LogP contribution in [0.15, 0.2) is 24.3 Å². The molecule has 1 aromatic rings. The third kappa shape index (κ3) is 5.04. The summed E-state index contributed by atoms with van der Waals surface area (Å²) in [4.78, 5) is 12.3. The summed E-state index contributed by atoms with van der Waals surface area (Å²) in [5.74, 6) is 1.99. The van der Waals surface area contributed by atoms with E-state index in [2.05, 4.69) is 0 Å². The first-order valence-corrected chi connectivity index (χ1v) is 9.62. The van der Waals surface area contributed by atoms with Crippen molar-refractivity contribution in [3.05, 3.63) is 30.1 Å². The quantitative estimate of drug-likeness (QED) is 0.555. The highest BCUT2D eigenvalue weighted by molar-refractivity contribution is 5.75. The van der Waals surface area contributed by atoms with Crippen molar-refractivity contribution in [3.63, 3.8) is 0 Å². The number of methoxy groups -OCH3 is 1. The van der Waals surface area contributed by atoms with E-state index >= 15 is 0 Å². The molecule has 0 atom stereocenters. The normalized spacial score (nSPS) is 30.0. The van der Waals surface area contributed by atoms with Crippen LogP contribution in [-0.2, 0) is 9.53 Å². The maximum atomic E-state index is 13.2. The summed E-state index contributed by atoms with van der Waals surface area (Å²) in [5.41, 5.74) is 0. The average molecular weight is 348 g/mol.